The number of aliphatic hydroxyl groups is 1. The minimum absolute atomic E-state index is 0.0182. The van der Waals surface area contributed by atoms with Gasteiger partial charge in [-0.25, -0.2) is 0 Å². The third-order valence-corrected chi connectivity index (χ3v) is 1.84. The normalized spacial score (nSPS) is 10.9. The zero-order chi connectivity index (χ0) is 10.3. The molecule has 78 valence electrons. The van der Waals surface area contributed by atoms with Crippen LogP contribution in [0.2, 0.25) is 0 Å². The summed E-state index contributed by atoms with van der Waals surface area (Å²) in [5, 5.41) is 11.5. The van der Waals surface area contributed by atoms with Gasteiger partial charge in [-0.05, 0) is 20.8 Å². The van der Waals surface area contributed by atoms with Crippen molar-refractivity contribution in [1.29, 1.82) is 0 Å². The summed E-state index contributed by atoms with van der Waals surface area (Å²) in [6.45, 7) is 7.58. The van der Waals surface area contributed by atoms with Crippen LogP contribution in [0, 0.1) is 0 Å². The van der Waals surface area contributed by atoms with E-state index < -0.39 is 0 Å². The fourth-order valence-electron chi connectivity index (χ4n) is 1.09. The second kappa shape index (κ2) is 6.86. The quantitative estimate of drug-likeness (QED) is 0.608. The van der Waals surface area contributed by atoms with Crippen LogP contribution >= 0.6 is 0 Å². The van der Waals surface area contributed by atoms with Crippen molar-refractivity contribution in [2.75, 3.05) is 26.2 Å². The zero-order valence-corrected chi connectivity index (χ0v) is 8.71. The van der Waals surface area contributed by atoms with E-state index in [2.05, 4.69) is 5.32 Å². The van der Waals surface area contributed by atoms with Crippen LogP contribution in [-0.4, -0.2) is 48.2 Å². The van der Waals surface area contributed by atoms with Crippen LogP contribution in [0.3, 0.4) is 0 Å². The van der Waals surface area contributed by atoms with Crippen LogP contribution in [0.25, 0.3) is 0 Å². The number of hydrogen-bond donors (Lipinski definition) is 2. The third kappa shape index (κ3) is 5.60. The zero-order valence-electron chi connectivity index (χ0n) is 8.71. The summed E-state index contributed by atoms with van der Waals surface area (Å²) in [4.78, 5) is 13.1. The van der Waals surface area contributed by atoms with Gasteiger partial charge in [0.25, 0.3) is 0 Å². The van der Waals surface area contributed by atoms with Crippen LogP contribution in [0.5, 0.6) is 0 Å². The second-order valence-corrected chi connectivity index (χ2v) is 3.24. The van der Waals surface area contributed by atoms with Gasteiger partial charge in [0.1, 0.15) is 0 Å². The fraction of sp³-hybridized carbons (Fsp3) is 0.889. The molecular weight excluding hydrogens is 168 g/mol. The molecule has 0 heterocycles. The fourth-order valence-corrected chi connectivity index (χ4v) is 1.09. The first-order valence-electron chi connectivity index (χ1n) is 4.73. The van der Waals surface area contributed by atoms with Gasteiger partial charge in [0, 0.05) is 19.1 Å². The van der Waals surface area contributed by atoms with Crippen molar-refractivity contribution >= 4 is 5.91 Å². The van der Waals surface area contributed by atoms with Crippen LogP contribution in [0.1, 0.15) is 20.8 Å². The van der Waals surface area contributed by atoms with Gasteiger partial charge < -0.3 is 10.4 Å². The molecule has 1 amide bonds. The van der Waals surface area contributed by atoms with Crippen LogP contribution in [-0.2, 0) is 4.79 Å². The molecule has 0 fully saturated rings. The van der Waals surface area contributed by atoms with Gasteiger partial charge in [-0.3, -0.25) is 9.69 Å². The molecule has 0 spiro atoms. The highest BCUT2D eigenvalue weighted by Gasteiger charge is 2.12. The molecule has 0 aromatic rings. The lowest BCUT2D eigenvalue weighted by atomic mass is 10.3. The Morgan fingerprint density at radius 1 is 1.54 bits per heavy atom. The Kier molecular flexibility index (Phi) is 6.54. The Labute approximate surface area is 79.9 Å². The highest BCUT2D eigenvalue weighted by atomic mass is 16.3. The number of nitrogens with one attached hydrogen (secondary N) is 1. The van der Waals surface area contributed by atoms with Gasteiger partial charge in [-0.15, -0.1) is 0 Å². The molecule has 13 heavy (non-hydrogen) atoms. The first-order valence-corrected chi connectivity index (χ1v) is 4.73. The van der Waals surface area contributed by atoms with Gasteiger partial charge in [0.2, 0.25) is 5.91 Å². The molecule has 0 atom stereocenters. The van der Waals surface area contributed by atoms with Gasteiger partial charge >= 0.3 is 0 Å². The van der Waals surface area contributed by atoms with E-state index in [1.165, 1.54) is 0 Å². The van der Waals surface area contributed by atoms with Crippen molar-refractivity contribution in [3.63, 3.8) is 0 Å². The minimum atomic E-state index is 0.0182. The summed E-state index contributed by atoms with van der Waals surface area (Å²) in [5.74, 6) is 0.0182. The summed E-state index contributed by atoms with van der Waals surface area (Å²) < 4.78 is 0. The van der Waals surface area contributed by atoms with Gasteiger partial charge in [-0.2, -0.15) is 0 Å². The summed E-state index contributed by atoms with van der Waals surface area (Å²) in [5.41, 5.74) is 0. The first kappa shape index (κ1) is 12.4. The van der Waals surface area contributed by atoms with Crippen LogP contribution in [0.15, 0.2) is 0 Å². The number of hydrogen-bond acceptors (Lipinski definition) is 3. The maximum atomic E-state index is 11.2. The molecule has 4 nitrogen and oxygen atoms in total. The molecule has 0 unspecified atom stereocenters. The predicted octanol–water partition coefficient (Wildman–Crippen LogP) is -0.175. The summed E-state index contributed by atoms with van der Waals surface area (Å²) in [6, 6.07) is 0.287. The SMILES string of the molecule is CCNC(=O)CN(CCO)C(C)C. The molecule has 4 heteroatoms. The van der Waals surface area contributed by atoms with Gasteiger partial charge in [-0.1, -0.05) is 0 Å². The van der Waals surface area contributed by atoms with E-state index in [1.54, 1.807) is 0 Å². The summed E-state index contributed by atoms with van der Waals surface area (Å²) in [7, 11) is 0. The van der Waals surface area contributed by atoms with E-state index in [4.69, 9.17) is 5.11 Å². The largest absolute Gasteiger partial charge is 0.395 e. The molecule has 0 rings (SSSR count). The van der Waals surface area contributed by atoms with Crippen molar-refractivity contribution in [1.82, 2.24) is 10.2 Å². The number of carbonyl (C=O) groups is 1. The average molecular weight is 188 g/mol. The number of nitrogens with zero attached hydrogens (tertiary/aromatic N) is 1. The lowest BCUT2D eigenvalue weighted by Gasteiger charge is -2.24. The van der Waals surface area contributed by atoms with E-state index in [-0.39, 0.29) is 18.6 Å². The molecule has 0 aliphatic carbocycles. The average Bonchev–Trinajstić information content (AvgIpc) is 2.04. The lowest BCUT2D eigenvalue weighted by Crippen LogP contribution is -2.42. The van der Waals surface area contributed by atoms with E-state index >= 15 is 0 Å². The van der Waals surface area contributed by atoms with Gasteiger partial charge in [0.15, 0.2) is 0 Å². The summed E-state index contributed by atoms with van der Waals surface area (Å²) in [6.07, 6.45) is 0. The maximum Gasteiger partial charge on any atom is 0.234 e. The molecular formula is C9H20N2O2. The minimum Gasteiger partial charge on any atom is -0.395 e. The molecule has 0 aliphatic heterocycles. The van der Waals surface area contributed by atoms with E-state index in [1.807, 2.05) is 25.7 Å². The Bertz CT molecular complexity index is 149. The second-order valence-electron chi connectivity index (χ2n) is 3.24. The van der Waals surface area contributed by atoms with E-state index in [0.717, 1.165) is 0 Å². The molecule has 0 saturated heterocycles. The first-order chi connectivity index (χ1) is 6.11. The summed E-state index contributed by atoms with van der Waals surface area (Å²) >= 11 is 0. The molecule has 0 aromatic carbocycles. The van der Waals surface area contributed by atoms with Crippen molar-refractivity contribution in [3.8, 4) is 0 Å². The molecule has 0 aliphatic rings. The van der Waals surface area contributed by atoms with Crippen molar-refractivity contribution in [2.45, 2.75) is 26.8 Å². The smallest absolute Gasteiger partial charge is 0.234 e. The Morgan fingerprint density at radius 2 is 2.15 bits per heavy atom. The predicted molar refractivity (Wildman–Crippen MR) is 52.5 cm³/mol. The molecule has 0 bridgehead atoms. The van der Waals surface area contributed by atoms with Crippen LogP contribution in [0.4, 0.5) is 0 Å². The number of rotatable bonds is 6. The molecule has 0 aromatic heterocycles. The number of carbonyl (C=O) groups excluding carboxylic acids is 1. The van der Waals surface area contributed by atoms with Gasteiger partial charge in [0.05, 0.1) is 13.2 Å². The Morgan fingerprint density at radius 3 is 2.54 bits per heavy atom. The maximum absolute atomic E-state index is 11.2. The highest BCUT2D eigenvalue weighted by Crippen LogP contribution is 1.96. The van der Waals surface area contributed by atoms with Crippen molar-refractivity contribution in [2.24, 2.45) is 0 Å². The number of aliphatic hydroxyl groups excluding tert-OH is 1. The topological polar surface area (TPSA) is 52.6 Å². The van der Waals surface area contributed by atoms with Crippen molar-refractivity contribution < 1.29 is 9.90 Å². The number of amides is 1. The standard InChI is InChI=1S/C9H20N2O2/c1-4-10-9(13)7-11(5-6-12)8(2)3/h8,12H,4-7H2,1-3H3,(H,10,13). The molecule has 0 radical (unpaired) electrons. The van der Waals surface area contributed by atoms with Crippen molar-refractivity contribution in [3.05, 3.63) is 0 Å². The number of likely N-dealkylation sites (N-methyl/N-ethyl adjacent to an activating group) is 1. The monoisotopic (exact) mass is 188 g/mol. The Hall–Kier alpha value is -0.610. The highest BCUT2D eigenvalue weighted by molar-refractivity contribution is 5.77. The van der Waals surface area contributed by atoms with E-state index in [0.29, 0.717) is 19.6 Å². The third-order valence-electron chi connectivity index (χ3n) is 1.84. The Balaban J connectivity index is 3.86. The van der Waals surface area contributed by atoms with Crippen LogP contribution < -0.4 is 5.32 Å². The van der Waals surface area contributed by atoms with E-state index in [9.17, 15) is 4.79 Å². The molecule has 2 N–H and O–H groups in total. The lowest BCUT2D eigenvalue weighted by molar-refractivity contribution is -0.122. The molecule has 0 saturated carbocycles.